The molecule has 3 N–H and O–H groups in total. The van der Waals surface area contributed by atoms with Gasteiger partial charge in [-0.3, -0.25) is 9.59 Å². The molecule has 152 valence electrons. The van der Waals surface area contributed by atoms with Crippen molar-refractivity contribution in [2.24, 2.45) is 0 Å². The van der Waals surface area contributed by atoms with Crippen LogP contribution in [0.5, 0.6) is 0 Å². The Balaban J connectivity index is 1.83. The summed E-state index contributed by atoms with van der Waals surface area (Å²) in [5, 5.41) is 13.2. The fraction of sp³-hybridized carbons (Fsp3) is 0.500. The number of fused-ring (bicyclic) bond motifs is 1. The SMILES string of the molecule is CC(C)(C)OC(=O)[C@@](C)(O)CNC(=O)CCCc1nc2ccccc2c(=O)[nH]1. The first-order valence-electron chi connectivity index (χ1n) is 9.18. The molecule has 0 fully saturated rings. The Labute approximate surface area is 163 Å². The molecule has 1 atom stereocenters. The van der Waals surface area contributed by atoms with Gasteiger partial charge >= 0.3 is 5.97 Å². The third-order valence-corrected chi connectivity index (χ3v) is 3.95. The molecule has 1 heterocycles. The minimum absolute atomic E-state index is 0.168. The van der Waals surface area contributed by atoms with Gasteiger partial charge in [-0.1, -0.05) is 12.1 Å². The summed E-state index contributed by atoms with van der Waals surface area (Å²) in [4.78, 5) is 43.1. The summed E-state index contributed by atoms with van der Waals surface area (Å²) in [5.74, 6) is -0.595. The summed E-state index contributed by atoms with van der Waals surface area (Å²) in [6, 6.07) is 7.05. The van der Waals surface area contributed by atoms with Crippen LogP contribution in [0.3, 0.4) is 0 Å². The number of amides is 1. The molecular formula is C20H27N3O5. The van der Waals surface area contributed by atoms with E-state index in [9.17, 15) is 19.5 Å². The van der Waals surface area contributed by atoms with Crippen molar-refractivity contribution in [1.82, 2.24) is 15.3 Å². The normalized spacial score (nSPS) is 13.8. The Hall–Kier alpha value is -2.74. The molecule has 0 bridgehead atoms. The van der Waals surface area contributed by atoms with E-state index in [2.05, 4.69) is 15.3 Å². The van der Waals surface area contributed by atoms with Crippen molar-refractivity contribution in [3.63, 3.8) is 0 Å². The predicted octanol–water partition coefficient (Wildman–Crippen LogP) is 1.45. The number of carbonyl (C=O) groups excluding carboxylic acids is 2. The summed E-state index contributed by atoms with van der Waals surface area (Å²) in [5.41, 5.74) is -2.14. The van der Waals surface area contributed by atoms with E-state index in [0.29, 0.717) is 29.6 Å². The number of para-hydroxylation sites is 1. The average molecular weight is 389 g/mol. The van der Waals surface area contributed by atoms with Gasteiger partial charge in [0.1, 0.15) is 11.4 Å². The van der Waals surface area contributed by atoms with E-state index in [1.54, 1.807) is 39.0 Å². The molecule has 8 nitrogen and oxygen atoms in total. The van der Waals surface area contributed by atoms with Gasteiger partial charge in [-0.15, -0.1) is 0 Å². The van der Waals surface area contributed by atoms with Crippen molar-refractivity contribution in [2.75, 3.05) is 6.54 Å². The van der Waals surface area contributed by atoms with Crippen LogP contribution >= 0.6 is 0 Å². The van der Waals surface area contributed by atoms with E-state index in [-0.39, 0.29) is 24.4 Å². The lowest BCUT2D eigenvalue weighted by Gasteiger charge is -2.27. The van der Waals surface area contributed by atoms with Gasteiger partial charge in [0.25, 0.3) is 5.56 Å². The maximum absolute atomic E-state index is 12.0. The van der Waals surface area contributed by atoms with Gasteiger partial charge < -0.3 is 20.1 Å². The van der Waals surface area contributed by atoms with Gasteiger partial charge in [0.15, 0.2) is 5.60 Å². The molecule has 1 aromatic heterocycles. The summed E-state index contributed by atoms with van der Waals surface area (Å²) < 4.78 is 5.14. The lowest BCUT2D eigenvalue weighted by atomic mass is 10.1. The molecule has 1 aromatic carbocycles. The smallest absolute Gasteiger partial charge is 0.340 e. The average Bonchev–Trinajstić information content (AvgIpc) is 2.59. The molecule has 0 aliphatic rings. The number of benzene rings is 1. The monoisotopic (exact) mass is 389 g/mol. The molecule has 2 rings (SSSR count). The number of carbonyl (C=O) groups is 2. The van der Waals surface area contributed by atoms with Crippen molar-refractivity contribution in [3.05, 3.63) is 40.4 Å². The van der Waals surface area contributed by atoms with Crippen LogP contribution in [-0.2, 0) is 20.7 Å². The van der Waals surface area contributed by atoms with Crippen molar-refractivity contribution in [3.8, 4) is 0 Å². The molecule has 0 saturated heterocycles. The summed E-state index contributed by atoms with van der Waals surface area (Å²) in [6.45, 7) is 6.15. The van der Waals surface area contributed by atoms with Crippen molar-refractivity contribution in [1.29, 1.82) is 0 Å². The second-order valence-corrected chi connectivity index (χ2v) is 7.94. The topological polar surface area (TPSA) is 121 Å². The Morgan fingerprint density at radius 3 is 2.57 bits per heavy atom. The van der Waals surface area contributed by atoms with E-state index in [4.69, 9.17) is 4.74 Å². The van der Waals surface area contributed by atoms with E-state index >= 15 is 0 Å². The fourth-order valence-corrected chi connectivity index (χ4v) is 2.49. The van der Waals surface area contributed by atoms with Crippen molar-refractivity contribution in [2.45, 2.75) is 58.2 Å². The van der Waals surface area contributed by atoms with E-state index in [0.717, 1.165) is 0 Å². The van der Waals surface area contributed by atoms with Crippen molar-refractivity contribution >= 4 is 22.8 Å². The number of nitrogens with zero attached hydrogens (tertiary/aromatic N) is 1. The minimum Gasteiger partial charge on any atom is -0.458 e. The van der Waals surface area contributed by atoms with Crippen LogP contribution in [0.1, 0.15) is 46.4 Å². The van der Waals surface area contributed by atoms with Crippen LogP contribution in [0, 0.1) is 0 Å². The van der Waals surface area contributed by atoms with E-state index in [1.165, 1.54) is 6.92 Å². The highest BCUT2D eigenvalue weighted by Crippen LogP contribution is 2.14. The number of nitrogens with one attached hydrogen (secondary N) is 2. The third-order valence-electron chi connectivity index (χ3n) is 3.95. The van der Waals surface area contributed by atoms with E-state index < -0.39 is 17.2 Å². The highest BCUT2D eigenvalue weighted by atomic mass is 16.6. The van der Waals surface area contributed by atoms with Crippen LogP contribution in [-0.4, -0.2) is 44.7 Å². The number of aryl methyl sites for hydroxylation is 1. The molecule has 0 radical (unpaired) electrons. The Morgan fingerprint density at radius 2 is 1.89 bits per heavy atom. The molecule has 28 heavy (non-hydrogen) atoms. The highest BCUT2D eigenvalue weighted by molar-refractivity contribution is 5.81. The number of ether oxygens (including phenoxy) is 1. The number of aromatic amines is 1. The van der Waals surface area contributed by atoms with Gasteiger partial charge in [-0.05, 0) is 46.2 Å². The zero-order valence-corrected chi connectivity index (χ0v) is 16.7. The maximum Gasteiger partial charge on any atom is 0.340 e. The first-order chi connectivity index (χ1) is 13.0. The molecule has 0 aliphatic heterocycles. The fourth-order valence-electron chi connectivity index (χ4n) is 2.49. The standard InChI is InChI=1S/C20H27N3O5/c1-19(2,3)28-18(26)20(4,27)12-21-16(24)11-7-10-15-22-14-9-6-5-8-13(14)17(25)23-15/h5-6,8-9,27H,7,10-12H2,1-4H3,(H,21,24)(H,22,23,25)/t20-/m0/s1. The molecule has 0 spiro atoms. The van der Waals surface area contributed by atoms with Crippen molar-refractivity contribution < 1.29 is 19.4 Å². The quantitative estimate of drug-likeness (QED) is 0.616. The Bertz CT molecular complexity index is 912. The van der Waals surface area contributed by atoms with Crippen LogP contribution in [0.15, 0.2) is 29.1 Å². The molecule has 0 aliphatic carbocycles. The number of H-pyrrole nitrogens is 1. The van der Waals surface area contributed by atoms with Gasteiger partial charge in [-0.2, -0.15) is 0 Å². The first-order valence-corrected chi connectivity index (χ1v) is 9.18. The van der Waals surface area contributed by atoms with Crippen LogP contribution in [0.25, 0.3) is 10.9 Å². The Kier molecular flexibility index (Phi) is 6.56. The maximum atomic E-state index is 12.0. The van der Waals surface area contributed by atoms with Crippen LogP contribution in [0.4, 0.5) is 0 Å². The number of rotatable bonds is 7. The number of esters is 1. The molecule has 0 unspecified atom stereocenters. The summed E-state index contributed by atoms with van der Waals surface area (Å²) >= 11 is 0. The van der Waals surface area contributed by atoms with Crippen LogP contribution < -0.4 is 10.9 Å². The minimum atomic E-state index is -1.81. The largest absolute Gasteiger partial charge is 0.458 e. The second kappa shape index (κ2) is 8.52. The zero-order chi connectivity index (χ0) is 20.9. The number of hydrogen-bond donors (Lipinski definition) is 3. The highest BCUT2D eigenvalue weighted by Gasteiger charge is 2.35. The lowest BCUT2D eigenvalue weighted by molar-refractivity contribution is -0.174. The molecule has 1 amide bonds. The van der Waals surface area contributed by atoms with Gasteiger partial charge in [-0.25, -0.2) is 9.78 Å². The Morgan fingerprint density at radius 1 is 1.21 bits per heavy atom. The molecule has 0 saturated carbocycles. The number of hydrogen-bond acceptors (Lipinski definition) is 6. The molecule has 2 aromatic rings. The van der Waals surface area contributed by atoms with Gasteiger partial charge in [0, 0.05) is 12.8 Å². The third kappa shape index (κ3) is 6.16. The zero-order valence-electron chi connectivity index (χ0n) is 16.7. The predicted molar refractivity (Wildman–Crippen MR) is 105 cm³/mol. The van der Waals surface area contributed by atoms with Gasteiger partial charge in [0.2, 0.25) is 5.91 Å². The number of aromatic nitrogens is 2. The second-order valence-electron chi connectivity index (χ2n) is 7.94. The molecular weight excluding hydrogens is 362 g/mol. The summed E-state index contributed by atoms with van der Waals surface area (Å²) in [7, 11) is 0. The number of aliphatic hydroxyl groups is 1. The van der Waals surface area contributed by atoms with Crippen LogP contribution in [0.2, 0.25) is 0 Å². The summed E-state index contributed by atoms with van der Waals surface area (Å²) in [6.07, 6.45) is 1.05. The van der Waals surface area contributed by atoms with E-state index in [1.807, 2.05) is 6.07 Å². The first kappa shape index (κ1) is 21.6. The molecule has 8 heteroatoms. The van der Waals surface area contributed by atoms with Gasteiger partial charge in [0.05, 0.1) is 17.4 Å². The lowest BCUT2D eigenvalue weighted by Crippen LogP contribution is -2.49.